The van der Waals surface area contributed by atoms with Crippen molar-refractivity contribution in [2.75, 3.05) is 52.5 Å². The quantitative estimate of drug-likeness (QED) is 0.357. The van der Waals surface area contributed by atoms with Crippen LogP contribution in [-0.2, 0) is 25.7 Å². The molecule has 10 heteroatoms. The molecule has 2 bridgehead atoms. The molecule has 1 spiro atoms. The molecule has 3 N–H and O–H groups in total. The molecule has 1 aromatic carbocycles. The molecule has 0 radical (unpaired) electrons. The van der Waals surface area contributed by atoms with Crippen molar-refractivity contribution in [3.63, 3.8) is 0 Å². The molecule has 4 saturated heterocycles. The number of aliphatic hydroxyl groups excluding tert-OH is 1. The lowest BCUT2D eigenvalue weighted by Crippen LogP contribution is -2.55. The van der Waals surface area contributed by atoms with Gasteiger partial charge in [-0.2, -0.15) is 0 Å². The lowest BCUT2D eigenvalue weighted by Gasteiger charge is -2.35. The van der Waals surface area contributed by atoms with Gasteiger partial charge in [-0.25, -0.2) is 0 Å². The molecule has 5 atom stereocenters. The molecule has 5 rings (SSSR count). The van der Waals surface area contributed by atoms with Crippen LogP contribution in [-0.4, -0.2) is 101 Å². The van der Waals surface area contributed by atoms with Gasteiger partial charge in [0, 0.05) is 50.6 Å². The first-order valence-corrected chi connectivity index (χ1v) is 14.7. The number of rotatable bonds is 11. The van der Waals surface area contributed by atoms with Crippen LogP contribution in [0, 0.1) is 11.8 Å². The van der Waals surface area contributed by atoms with Crippen LogP contribution in [0.2, 0.25) is 0 Å². The number of aliphatic hydroxyl groups is 1. The van der Waals surface area contributed by atoms with Crippen LogP contribution < -0.4 is 10.6 Å². The van der Waals surface area contributed by atoms with Crippen LogP contribution in [0.4, 0.5) is 0 Å². The zero-order valence-corrected chi connectivity index (χ0v) is 23.0. The van der Waals surface area contributed by atoms with Crippen LogP contribution in [0.25, 0.3) is 0 Å². The molecule has 0 aromatic heterocycles. The molecule has 3 amide bonds. The van der Waals surface area contributed by atoms with Crippen molar-refractivity contribution in [1.29, 1.82) is 0 Å². The van der Waals surface area contributed by atoms with Crippen LogP contribution in [0.3, 0.4) is 0 Å². The minimum atomic E-state index is -0.609. The summed E-state index contributed by atoms with van der Waals surface area (Å²) in [6.45, 7) is 7.33. The van der Waals surface area contributed by atoms with E-state index in [1.807, 2.05) is 30.3 Å². The lowest BCUT2D eigenvalue weighted by molar-refractivity contribution is -0.140. The number of benzene rings is 1. The third-order valence-electron chi connectivity index (χ3n) is 8.76. The van der Waals surface area contributed by atoms with Gasteiger partial charge in [0.2, 0.25) is 17.7 Å². The number of carbonyl (C=O) groups excluding carboxylic acids is 3. The van der Waals surface area contributed by atoms with Gasteiger partial charge in [-0.15, -0.1) is 11.8 Å². The molecule has 4 fully saturated rings. The highest BCUT2D eigenvalue weighted by atomic mass is 32.2. The number of hydrogen-bond donors (Lipinski definition) is 3. The van der Waals surface area contributed by atoms with Crippen molar-refractivity contribution < 1.29 is 24.2 Å². The Morgan fingerprint density at radius 3 is 2.58 bits per heavy atom. The summed E-state index contributed by atoms with van der Waals surface area (Å²) in [5, 5.41) is 15.6. The third-order valence-corrected chi connectivity index (χ3v) is 10.7. The Kier molecular flexibility index (Phi) is 8.33. The van der Waals surface area contributed by atoms with Crippen LogP contribution in [0.1, 0.15) is 38.2 Å². The van der Waals surface area contributed by atoms with E-state index >= 15 is 0 Å². The Hall–Kier alpha value is -2.14. The predicted molar refractivity (Wildman–Crippen MR) is 145 cm³/mol. The molecule has 0 saturated carbocycles. The Balaban J connectivity index is 1.34. The number of hydrogen-bond acceptors (Lipinski definition) is 7. The van der Waals surface area contributed by atoms with Crippen molar-refractivity contribution in [2.45, 2.75) is 54.7 Å². The van der Waals surface area contributed by atoms with Gasteiger partial charge in [0.15, 0.2) is 0 Å². The highest BCUT2D eigenvalue weighted by Crippen LogP contribution is 2.71. The molecule has 4 aliphatic heterocycles. The number of morpholine rings is 1. The maximum absolute atomic E-state index is 14.0. The summed E-state index contributed by atoms with van der Waals surface area (Å²) in [4.78, 5) is 45.4. The van der Waals surface area contributed by atoms with E-state index in [1.54, 1.807) is 16.7 Å². The topological polar surface area (TPSA) is 111 Å². The second-order valence-corrected chi connectivity index (χ2v) is 13.0. The van der Waals surface area contributed by atoms with Crippen molar-refractivity contribution in [3.05, 3.63) is 35.9 Å². The largest absolute Gasteiger partial charge is 0.396 e. The van der Waals surface area contributed by atoms with Crippen molar-refractivity contribution in [2.24, 2.45) is 11.8 Å². The Bertz CT molecular complexity index is 1020. The predicted octanol–water partition coefficient (Wildman–Crippen LogP) is 1.01. The van der Waals surface area contributed by atoms with Gasteiger partial charge in [0.1, 0.15) is 6.04 Å². The zero-order chi connectivity index (χ0) is 26.8. The number of amides is 3. The maximum atomic E-state index is 14.0. The molecule has 0 aliphatic carbocycles. The Morgan fingerprint density at radius 2 is 1.84 bits per heavy atom. The van der Waals surface area contributed by atoms with Crippen molar-refractivity contribution in [3.8, 4) is 0 Å². The summed E-state index contributed by atoms with van der Waals surface area (Å²) in [6.07, 6.45) is 2.73. The fourth-order valence-electron chi connectivity index (χ4n) is 6.92. The lowest BCUT2D eigenvalue weighted by atomic mass is 9.66. The highest BCUT2D eigenvalue weighted by Gasteiger charge is 2.76. The number of ether oxygens (including phenoxy) is 1. The van der Waals surface area contributed by atoms with Crippen molar-refractivity contribution >= 4 is 29.5 Å². The highest BCUT2D eigenvalue weighted by molar-refractivity contribution is 8.02. The maximum Gasteiger partial charge on any atom is 0.244 e. The molecule has 9 nitrogen and oxygen atoms in total. The monoisotopic (exact) mass is 544 g/mol. The summed E-state index contributed by atoms with van der Waals surface area (Å²) < 4.78 is 4.42. The normalized spacial score (nSPS) is 32.4. The molecule has 4 heterocycles. The van der Waals surface area contributed by atoms with Gasteiger partial charge in [-0.1, -0.05) is 30.3 Å². The smallest absolute Gasteiger partial charge is 0.244 e. The summed E-state index contributed by atoms with van der Waals surface area (Å²) in [6, 6.07) is 9.16. The average Bonchev–Trinajstić information content (AvgIpc) is 3.49. The second-order valence-electron chi connectivity index (χ2n) is 11.1. The molecule has 1 aromatic rings. The summed E-state index contributed by atoms with van der Waals surface area (Å²) in [7, 11) is 0. The number of carbonyl (C=O) groups is 3. The molecule has 2 unspecified atom stereocenters. The fourth-order valence-corrected chi connectivity index (χ4v) is 9.27. The van der Waals surface area contributed by atoms with E-state index in [2.05, 4.69) is 22.5 Å². The van der Waals surface area contributed by atoms with E-state index in [4.69, 9.17) is 4.74 Å². The van der Waals surface area contributed by atoms with E-state index in [1.165, 1.54) is 0 Å². The minimum absolute atomic E-state index is 0.0460. The zero-order valence-electron chi connectivity index (χ0n) is 22.2. The van der Waals surface area contributed by atoms with Gasteiger partial charge in [0.25, 0.3) is 0 Å². The van der Waals surface area contributed by atoms with E-state index in [0.717, 1.165) is 38.0 Å². The minimum Gasteiger partial charge on any atom is -0.396 e. The Labute approximate surface area is 229 Å². The number of nitrogens with one attached hydrogen (secondary N) is 2. The third kappa shape index (κ3) is 5.08. The van der Waals surface area contributed by atoms with Gasteiger partial charge >= 0.3 is 0 Å². The van der Waals surface area contributed by atoms with E-state index in [0.29, 0.717) is 45.7 Å². The standard InChI is InChI=1S/C28H40N4O5S/c1-27-9-10-28(38-27)22(21(27)24(34)30-19-20-7-3-2-4-8-20)26(36)32(12-5-6-16-33)23(28)25(35)29-11-13-31-14-17-37-18-15-31/h2-4,7-8,21-23,33H,5-6,9-19H2,1H3,(H,29,35)(H,30,34)/t21-,22-,23?,27+,28?/m0/s1. The van der Waals surface area contributed by atoms with E-state index < -0.39 is 22.6 Å². The Morgan fingerprint density at radius 1 is 1.08 bits per heavy atom. The average molecular weight is 545 g/mol. The second kappa shape index (κ2) is 11.5. The number of nitrogens with zero attached hydrogens (tertiary/aromatic N) is 2. The van der Waals surface area contributed by atoms with Crippen LogP contribution in [0.15, 0.2) is 30.3 Å². The van der Waals surface area contributed by atoms with Gasteiger partial charge < -0.3 is 25.4 Å². The van der Waals surface area contributed by atoms with Gasteiger partial charge in [-0.05, 0) is 38.2 Å². The summed E-state index contributed by atoms with van der Waals surface area (Å²) in [5.41, 5.74) is 1.01. The number of likely N-dealkylation sites (tertiary alicyclic amines) is 1. The van der Waals surface area contributed by atoms with Gasteiger partial charge in [-0.3, -0.25) is 19.3 Å². The number of fused-ring (bicyclic) bond motifs is 1. The van der Waals surface area contributed by atoms with E-state index in [9.17, 15) is 19.5 Å². The van der Waals surface area contributed by atoms with Crippen LogP contribution in [0.5, 0.6) is 0 Å². The summed E-state index contributed by atoms with van der Waals surface area (Å²) >= 11 is 1.69. The summed E-state index contributed by atoms with van der Waals surface area (Å²) in [5.74, 6) is -1.32. The molecular formula is C28H40N4O5S. The molecule has 38 heavy (non-hydrogen) atoms. The first kappa shape index (κ1) is 27.4. The fraction of sp³-hybridized carbons (Fsp3) is 0.679. The molecule has 4 aliphatic rings. The van der Waals surface area contributed by atoms with Gasteiger partial charge in [0.05, 0.1) is 29.8 Å². The van der Waals surface area contributed by atoms with E-state index in [-0.39, 0.29) is 29.1 Å². The van der Waals surface area contributed by atoms with Crippen molar-refractivity contribution in [1.82, 2.24) is 20.4 Å². The number of thioether (sulfide) groups is 1. The first-order chi connectivity index (χ1) is 18.4. The molecule has 208 valence electrons. The number of unbranched alkanes of at least 4 members (excludes halogenated alkanes) is 1. The first-order valence-electron chi connectivity index (χ1n) is 13.9. The SMILES string of the molecule is C[C@]12CCC3(S1)C(C(=O)NCCN1CCOCC1)N(CCCCO)C(=O)[C@@H]3[C@H]2C(=O)NCc1ccccc1. The molecular weight excluding hydrogens is 504 g/mol. The van der Waals surface area contributed by atoms with Crippen LogP contribution >= 0.6 is 11.8 Å².